The van der Waals surface area contributed by atoms with Crippen molar-refractivity contribution < 1.29 is 18.4 Å². The van der Waals surface area contributed by atoms with Crippen molar-refractivity contribution in [1.29, 1.82) is 0 Å². The smallest absolute Gasteiger partial charge is 0.276 e. The molecule has 2 amide bonds. The van der Waals surface area contributed by atoms with Crippen molar-refractivity contribution in [3.8, 4) is 21.8 Å². The first-order valence-corrected chi connectivity index (χ1v) is 14.0. The van der Waals surface area contributed by atoms with Gasteiger partial charge in [-0.3, -0.25) is 14.3 Å². The molecule has 0 bridgehead atoms. The second-order valence-corrected chi connectivity index (χ2v) is 10.7. The summed E-state index contributed by atoms with van der Waals surface area (Å²) in [6.45, 7) is 4.61. The number of carbonyl (C=O) groups excluding carboxylic acids is 2. The van der Waals surface area contributed by atoms with Gasteiger partial charge in [0.25, 0.3) is 11.8 Å². The highest BCUT2D eigenvalue weighted by molar-refractivity contribution is 7.17. The largest absolute Gasteiger partial charge is 0.319 e. The minimum Gasteiger partial charge on any atom is -0.319 e. The topological polar surface area (TPSA) is 80.1 Å². The van der Waals surface area contributed by atoms with Gasteiger partial charge in [0.05, 0.1) is 27.6 Å². The predicted molar refractivity (Wildman–Crippen MR) is 155 cm³/mol. The second-order valence-electron chi connectivity index (χ2n) is 9.66. The molecule has 0 saturated heterocycles. The van der Waals surface area contributed by atoms with Gasteiger partial charge >= 0.3 is 0 Å². The molecule has 41 heavy (non-hydrogen) atoms. The number of para-hydroxylation sites is 1. The average Bonchev–Trinajstić information content (AvgIpc) is 3.60. The van der Waals surface area contributed by atoms with Crippen LogP contribution in [0.2, 0.25) is 0 Å². The number of nitrogens with zero attached hydrogens (tertiary/aromatic N) is 4. The summed E-state index contributed by atoms with van der Waals surface area (Å²) in [6.07, 6.45) is 2.12. The Balaban J connectivity index is 1.34. The van der Waals surface area contributed by atoms with Gasteiger partial charge in [0.15, 0.2) is 0 Å². The molecule has 0 aliphatic carbocycles. The molecule has 0 saturated carbocycles. The van der Waals surface area contributed by atoms with Crippen molar-refractivity contribution in [2.45, 2.75) is 26.8 Å². The van der Waals surface area contributed by atoms with Crippen LogP contribution in [0.5, 0.6) is 0 Å². The quantitative estimate of drug-likeness (QED) is 0.254. The van der Waals surface area contributed by atoms with Crippen LogP contribution in [0.1, 0.15) is 38.2 Å². The van der Waals surface area contributed by atoms with E-state index < -0.39 is 17.5 Å². The molecule has 3 aromatic heterocycles. The summed E-state index contributed by atoms with van der Waals surface area (Å²) in [6, 6.07) is 17.7. The van der Waals surface area contributed by atoms with Crippen LogP contribution in [0.25, 0.3) is 21.8 Å². The third kappa shape index (κ3) is 4.91. The number of carbonyl (C=O) groups is 2. The number of benzene rings is 2. The minimum absolute atomic E-state index is 0.136. The standard InChI is InChI=1S/C31H25F2N5O2S/c1-3-38-25(12-14-34-38)23-8-5-9-24(35-23)31(40)37-15-13-19-16-27(30(39)36-28-18(2)6-4-7-22(28)33)41-29(19)21-11-10-20(32)17-26(21)37/h4-12,14,16-17H,3,13,15H2,1-2H3,(H,36,39). The number of thiophene rings is 1. The highest BCUT2D eigenvalue weighted by Gasteiger charge is 2.29. The van der Waals surface area contributed by atoms with Gasteiger partial charge in [-0.15, -0.1) is 11.3 Å². The maximum Gasteiger partial charge on any atom is 0.276 e. The Morgan fingerprint density at radius 2 is 1.88 bits per heavy atom. The fourth-order valence-corrected chi connectivity index (χ4v) is 6.18. The Labute approximate surface area is 239 Å². The Bertz CT molecular complexity index is 1790. The van der Waals surface area contributed by atoms with Crippen LogP contribution in [-0.2, 0) is 13.0 Å². The van der Waals surface area contributed by atoms with Crippen LogP contribution < -0.4 is 10.2 Å². The first kappa shape index (κ1) is 26.5. The fraction of sp³-hybridized carbons (Fsp3) is 0.161. The van der Waals surface area contributed by atoms with Gasteiger partial charge in [-0.2, -0.15) is 5.10 Å². The Hall–Kier alpha value is -4.70. The van der Waals surface area contributed by atoms with E-state index in [1.807, 2.05) is 19.1 Å². The maximum absolute atomic E-state index is 14.6. The molecule has 10 heteroatoms. The first-order chi connectivity index (χ1) is 19.8. The van der Waals surface area contributed by atoms with E-state index in [0.717, 1.165) is 16.1 Å². The molecule has 1 aliphatic heterocycles. The number of rotatable bonds is 5. The zero-order valence-corrected chi connectivity index (χ0v) is 23.1. The van der Waals surface area contributed by atoms with Gasteiger partial charge < -0.3 is 10.2 Å². The molecule has 6 rings (SSSR count). The van der Waals surface area contributed by atoms with Gasteiger partial charge in [-0.05, 0) is 79.9 Å². The zero-order valence-electron chi connectivity index (χ0n) is 22.3. The van der Waals surface area contributed by atoms with Gasteiger partial charge in [0.1, 0.15) is 17.3 Å². The van der Waals surface area contributed by atoms with Crippen LogP contribution in [0.15, 0.2) is 72.9 Å². The number of hydrogen-bond acceptors (Lipinski definition) is 5. The lowest BCUT2D eigenvalue weighted by Gasteiger charge is -2.23. The number of aromatic nitrogens is 3. The molecule has 0 fully saturated rings. The molecule has 2 aromatic carbocycles. The number of aryl methyl sites for hydroxylation is 2. The normalized spacial score (nSPS) is 12.4. The molecule has 206 valence electrons. The first-order valence-electron chi connectivity index (χ1n) is 13.1. The van der Waals surface area contributed by atoms with E-state index >= 15 is 0 Å². The SMILES string of the molecule is CCn1nccc1-c1cccc(C(=O)N2CCc3cc(C(=O)Nc4c(C)cccc4F)sc3-c3ccc(F)cc32)n1. The fourth-order valence-electron chi connectivity index (χ4n) is 5.04. The van der Waals surface area contributed by atoms with Gasteiger partial charge in [0, 0.05) is 29.7 Å². The van der Waals surface area contributed by atoms with Gasteiger partial charge in [-0.25, -0.2) is 13.8 Å². The lowest BCUT2D eigenvalue weighted by Crippen LogP contribution is -2.33. The number of halogens is 2. The number of amides is 2. The highest BCUT2D eigenvalue weighted by Crippen LogP contribution is 2.42. The molecule has 0 unspecified atom stereocenters. The van der Waals surface area contributed by atoms with Crippen molar-refractivity contribution in [2.75, 3.05) is 16.8 Å². The van der Waals surface area contributed by atoms with Crippen molar-refractivity contribution >= 4 is 34.5 Å². The van der Waals surface area contributed by atoms with Crippen molar-refractivity contribution in [3.05, 3.63) is 106 Å². The van der Waals surface area contributed by atoms with Crippen LogP contribution >= 0.6 is 11.3 Å². The Morgan fingerprint density at radius 3 is 2.68 bits per heavy atom. The third-order valence-electron chi connectivity index (χ3n) is 7.09. The molecule has 1 aliphatic rings. The summed E-state index contributed by atoms with van der Waals surface area (Å²) >= 11 is 1.23. The number of pyridine rings is 1. The van der Waals surface area contributed by atoms with Gasteiger partial charge in [-0.1, -0.05) is 18.2 Å². The maximum atomic E-state index is 14.6. The summed E-state index contributed by atoms with van der Waals surface area (Å²) in [7, 11) is 0. The van der Waals surface area contributed by atoms with E-state index in [1.165, 1.54) is 34.4 Å². The molecule has 1 N–H and O–H groups in total. The summed E-state index contributed by atoms with van der Waals surface area (Å²) in [5.74, 6) is -1.78. The Kier molecular flexibility index (Phi) is 6.92. The third-order valence-corrected chi connectivity index (χ3v) is 8.29. The van der Waals surface area contributed by atoms with E-state index in [9.17, 15) is 18.4 Å². The number of hydrogen-bond donors (Lipinski definition) is 1. The summed E-state index contributed by atoms with van der Waals surface area (Å²) in [4.78, 5) is 34.3. The molecular formula is C31H25F2N5O2S. The van der Waals surface area contributed by atoms with E-state index in [4.69, 9.17) is 0 Å². The number of nitrogens with one attached hydrogen (secondary N) is 1. The number of anilines is 2. The van der Waals surface area contributed by atoms with E-state index in [1.54, 1.807) is 54.2 Å². The van der Waals surface area contributed by atoms with E-state index in [-0.39, 0.29) is 23.8 Å². The second kappa shape index (κ2) is 10.7. The van der Waals surface area contributed by atoms with Crippen LogP contribution in [-0.4, -0.2) is 33.1 Å². The van der Waals surface area contributed by atoms with E-state index in [0.29, 0.717) is 40.4 Å². The summed E-state index contributed by atoms with van der Waals surface area (Å²) < 4.78 is 30.7. The highest BCUT2D eigenvalue weighted by atomic mass is 32.1. The molecular weight excluding hydrogens is 544 g/mol. The van der Waals surface area contributed by atoms with Crippen LogP contribution in [0.3, 0.4) is 0 Å². The molecule has 0 spiro atoms. The van der Waals surface area contributed by atoms with Crippen molar-refractivity contribution in [3.63, 3.8) is 0 Å². The monoisotopic (exact) mass is 569 g/mol. The summed E-state index contributed by atoms with van der Waals surface area (Å²) in [5.41, 5.74) is 4.28. The number of fused-ring (bicyclic) bond motifs is 3. The zero-order chi connectivity index (χ0) is 28.7. The lowest BCUT2D eigenvalue weighted by atomic mass is 10.1. The molecule has 0 radical (unpaired) electrons. The Morgan fingerprint density at radius 1 is 1.05 bits per heavy atom. The van der Waals surface area contributed by atoms with Gasteiger partial charge in [0.2, 0.25) is 0 Å². The van der Waals surface area contributed by atoms with Crippen molar-refractivity contribution in [2.24, 2.45) is 0 Å². The molecule has 7 nitrogen and oxygen atoms in total. The van der Waals surface area contributed by atoms with Crippen molar-refractivity contribution in [1.82, 2.24) is 14.8 Å². The van der Waals surface area contributed by atoms with Crippen LogP contribution in [0, 0.1) is 18.6 Å². The molecule has 0 atom stereocenters. The van der Waals surface area contributed by atoms with E-state index in [2.05, 4.69) is 15.4 Å². The average molecular weight is 570 g/mol. The van der Waals surface area contributed by atoms with Crippen LogP contribution in [0.4, 0.5) is 20.2 Å². The predicted octanol–water partition coefficient (Wildman–Crippen LogP) is 6.74. The molecule has 4 heterocycles. The molecule has 5 aromatic rings. The lowest BCUT2D eigenvalue weighted by molar-refractivity contribution is 0.0981. The minimum atomic E-state index is -0.511. The summed E-state index contributed by atoms with van der Waals surface area (Å²) in [5, 5.41) is 6.97.